The predicted octanol–water partition coefficient (Wildman–Crippen LogP) is 7.15. The number of nitrogens with one attached hydrogen (secondary N) is 3. The number of nitrogens with zero attached hydrogens (tertiary/aromatic N) is 3. The molecule has 2 amide bonds. The summed E-state index contributed by atoms with van der Waals surface area (Å²) in [5, 5.41) is 17.2. The number of carbonyl (C=O) groups excluding carboxylic acids is 2. The molecule has 17 heteroatoms. The average Bonchev–Trinajstić information content (AvgIpc) is 3.57. The van der Waals surface area contributed by atoms with Crippen molar-refractivity contribution in [1.82, 2.24) is 14.9 Å². The van der Waals surface area contributed by atoms with E-state index in [4.69, 9.17) is 34.8 Å². The fourth-order valence-corrected chi connectivity index (χ4v) is 5.64. The highest BCUT2D eigenvalue weighted by molar-refractivity contribution is 6.39. The molecule has 4 N–H and O–H groups in total. The van der Waals surface area contributed by atoms with Gasteiger partial charge in [-0.05, 0) is 55.3 Å². The van der Waals surface area contributed by atoms with Crippen LogP contribution < -0.4 is 20.9 Å². The molecule has 1 aliphatic rings. The maximum absolute atomic E-state index is 14.2. The van der Waals surface area contributed by atoms with Crippen LogP contribution in [0.5, 0.6) is 0 Å². The van der Waals surface area contributed by atoms with Gasteiger partial charge in [0.25, 0.3) is 11.8 Å². The Balaban J connectivity index is 1.47. The molecular formula is C30H26Cl3F5N6O3. The molecule has 0 spiro atoms. The highest BCUT2D eigenvalue weighted by Crippen LogP contribution is 2.38. The molecular weight excluding hydrogens is 694 g/mol. The van der Waals surface area contributed by atoms with E-state index in [0.29, 0.717) is 30.2 Å². The van der Waals surface area contributed by atoms with Crippen LogP contribution >= 0.6 is 34.8 Å². The molecule has 0 radical (unpaired) electrons. The maximum atomic E-state index is 14.2. The van der Waals surface area contributed by atoms with Crippen molar-refractivity contribution in [2.75, 3.05) is 28.6 Å². The van der Waals surface area contributed by atoms with Crippen LogP contribution in [0.15, 0.2) is 42.5 Å². The van der Waals surface area contributed by atoms with Crippen molar-refractivity contribution in [2.24, 2.45) is 7.05 Å². The lowest BCUT2D eigenvalue weighted by atomic mass is 10.1. The van der Waals surface area contributed by atoms with Gasteiger partial charge in [0.15, 0.2) is 0 Å². The van der Waals surface area contributed by atoms with Gasteiger partial charge in [-0.15, -0.1) is 0 Å². The lowest BCUT2D eigenvalue weighted by molar-refractivity contribution is -0.245. The zero-order valence-electron chi connectivity index (χ0n) is 24.6. The van der Waals surface area contributed by atoms with Crippen LogP contribution in [0.2, 0.25) is 15.1 Å². The van der Waals surface area contributed by atoms with E-state index in [9.17, 15) is 36.6 Å². The SMILES string of the molecule is Cn1c(Nc2c(Cl)ccc(CNC(=O)[C@@](C)(O)C(F)(F)F)c2Cl)nc2cc(C(=O)Nc3ccc(F)c(Cl)c3)c(N3CC[C@@H](F)C3)cc21. The summed E-state index contributed by atoms with van der Waals surface area (Å²) < 4.78 is 68.8. The summed E-state index contributed by atoms with van der Waals surface area (Å²) in [6.45, 7) is 0.281. The number of hydrogen-bond acceptors (Lipinski definition) is 6. The topological polar surface area (TPSA) is 112 Å². The van der Waals surface area contributed by atoms with Crippen LogP contribution in [-0.2, 0) is 18.4 Å². The van der Waals surface area contributed by atoms with E-state index >= 15 is 0 Å². The summed E-state index contributed by atoms with van der Waals surface area (Å²) in [5.74, 6) is -2.70. The third kappa shape index (κ3) is 6.91. The van der Waals surface area contributed by atoms with E-state index in [0.717, 1.165) is 6.07 Å². The van der Waals surface area contributed by atoms with Gasteiger partial charge in [-0.25, -0.2) is 13.8 Å². The van der Waals surface area contributed by atoms with Gasteiger partial charge >= 0.3 is 6.18 Å². The van der Waals surface area contributed by atoms with Crippen LogP contribution in [0.1, 0.15) is 29.3 Å². The number of aromatic nitrogens is 2. The van der Waals surface area contributed by atoms with Crippen molar-refractivity contribution in [1.29, 1.82) is 0 Å². The summed E-state index contributed by atoms with van der Waals surface area (Å²) in [7, 11) is 1.66. The highest BCUT2D eigenvalue weighted by Gasteiger charge is 2.55. The van der Waals surface area contributed by atoms with Gasteiger partial charge in [-0.1, -0.05) is 40.9 Å². The van der Waals surface area contributed by atoms with E-state index in [1.807, 2.05) is 5.32 Å². The Bertz CT molecular complexity index is 1880. The molecule has 3 aromatic carbocycles. The second-order valence-electron chi connectivity index (χ2n) is 11.0. The van der Waals surface area contributed by atoms with E-state index < -0.39 is 42.1 Å². The molecule has 2 heterocycles. The minimum absolute atomic E-state index is 0.0405. The molecule has 5 rings (SSSR count). The maximum Gasteiger partial charge on any atom is 0.426 e. The standard InChI is InChI=1S/C30H26Cl3F5N6O3/c1-29(47,30(36,37)38)27(46)39-12-14-3-5-18(31)25(24(14)33)42-28-41-21-10-17(26(45)40-16-4-6-20(35)19(32)9-16)22(11-23(21)43(28)2)44-8-7-15(34)13-44/h3-6,9-11,15,47H,7-8,12-13H2,1-2H3,(H,39,46)(H,40,45)(H,41,42)/t15-,29-/m1/s1. The van der Waals surface area contributed by atoms with Crippen molar-refractivity contribution in [3.05, 3.63) is 74.5 Å². The normalized spacial score (nSPS) is 16.3. The monoisotopic (exact) mass is 718 g/mol. The molecule has 1 fully saturated rings. The number of fused-ring (bicyclic) bond motifs is 1. The second-order valence-corrected chi connectivity index (χ2v) is 12.2. The lowest BCUT2D eigenvalue weighted by Gasteiger charge is -2.25. The van der Waals surface area contributed by atoms with E-state index in [1.54, 1.807) is 22.6 Å². The smallest absolute Gasteiger partial charge is 0.373 e. The first kappa shape index (κ1) is 34.5. The highest BCUT2D eigenvalue weighted by atomic mass is 35.5. The number of amides is 2. The van der Waals surface area contributed by atoms with Crippen molar-refractivity contribution < 1.29 is 36.6 Å². The summed E-state index contributed by atoms with van der Waals surface area (Å²) in [4.78, 5) is 31.9. The number of carbonyl (C=O) groups is 2. The molecule has 47 heavy (non-hydrogen) atoms. The Hall–Kier alpha value is -3.85. The Morgan fingerprint density at radius 1 is 1.09 bits per heavy atom. The fraction of sp³-hybridized carbons (Fsp3) is 0.300. The Morgan fingerprint density at radius 3 is 2.45 bits per heavy atom. The minimum atomic E-state index is -5.20. The Kier molecular flexibility index (Phi) is 9.52. The number of imidazole rings is 1. The van der Waals surface area contributed by atoms with E-state index in [2.05, 4.69) is 15.6 Å². The molecule has 0 aliphatic carbocycles. The summed E-state index contributed by atoms with van der Waals surface area (Å²) in [5.41, 5.74) is -1.60. The van der Waals surface area contributed by atoms with Crippen molar-refractivity contribution >= 4 is 80.7 Å². The second kappa shape index (κ2) is 13.0. The first-order valence-corrected chi connectivity index (χ1v) is 15.1. The summed E-state index contributed by atoms with van der Waals surface area (Å²) >= 11 is 18.8. The Morgan fingerprint density at radius 2 is 1.81 bits per heavy atom. The number of halogens is 8. The van der Waals surface area contributed by atoms with Gasteiger partial charge in [0.2, 0.25) is 11.5 Å². The molecule has 2 atom stereocenters. The van der Waals surface area contributed by atoms with Gasteiger partial charge in [-0.3, -0.25) is 9.59 Å². The van der Waals surface area contributed by atoms with Gasteiger partial charge in [0.1, 0.15) is 12.0 Å². The largest absolute Gasteiger partial charge is 0.426 e. The molecule has 1 aromatic heterocycles. The van der Waals surface area contributed by atoms with Crippen LogP contribution in [0.25, 0.3) is 11.0 Å². The van der Waals surface area contributed by atoms with E-state index in [-0.39, 0.29) is 56.5 Å². The zero-order chi connectivity index (χ0) is 34.4. The fourth-order valence-electron chi connectivity index (χ4n) is 4.93. The predicted molar refractivity (Wildman–Crippen MR) is 170 cm³/mol. The number of anilines is 4. The third-order valence-electron chi connectivity index (χ3n) is 7.73. The van der Waals surface area contributed by atoms with Crippen molar-refractivity contribution in [3.63, 3.8) is 0 Å². The summed E-state index contributed by atoms with van der Waals surface area (Å²) in [6, 6.07) is 9.72. The molecule has 0 bridgehead atoms. The molecule has 1 aliphatic heterocycles. The van der Waals surface area contributed by atoms with Crippen LogP contribution in [-0.4, -0.2) is 57.5 Å². The molecule has 0 saturated carbocycles. The number of alkyl halides is 4. The number of rotatable bonds is 8. The molecule has 0 unspecified atom stereocenters. The number of hydrogen-bond donors (Lipinski definition) is 4. The number of benzene rings is 3. The van der Waals surface area contributed by atoms with Crippen LogP contribution in [0.3, 0.4) is 0 Å². The molecule has 9 nitrogen and oxygen atoms in total. The average molecular weight is 720 g/mol. The van der Waals surface area contributed by atoms with Gasteiger partial charge in [-0.2, -0.15) is 13.2 Å². The molecule has 4 aromatic rings. The van der Waals surface area contributed by atoms with Gasteiger partial charge in [0.05, 0.1) is 43.0 Å². The van der Waals surface area contributed by atoms with Crippen LogP contribution in [0, 0.1) is 5.82 Å². The first-order chi connectivity index (χ1) is 22.0. The lowest BCUT2D eigenvalue weighted by Crippen LogP contribution is -2.54. The van der Waals surface area contributed by atoms with Gasteiger partial charge in [0, 0.05) is 32.4 Å². The third-order valence-corrected chi connectivity index (χ3v) is 8.77. The van der Waals surface area contributed by atoms with Crippen LogP contribution in [0.4, 0.5) is 45.0 Å². The first-order valence-electron chi connectivity index (χ1n) is 13.9. The molecule has 250 valence electrons. The Labute approximate surface area is 279 Å². The van der Waals surface area contributed by atoms with Crippen molar-refractivity contribution in [2.45, 2.75) is 37.8 Å². The van der Waals surface area contributed by atoms with E-state index in [1.165, 1.54) is 30.3 Å². The number of aryl methyl sites for hydroxylation is 1. The zero-order valence-corrected chi connectivity index (χ0v) is 26.8. The summed E-state index contributed by atoms with van der Waals surface area (Å²) in [6.07, 6.45) is -6.03. The van der Waals surface area contributed by atoms with Crippen molar-refractivity contribution in [3.8, 4) is 0 Å². The number of aliphatic hydroxyl groups is 1. The quantitative estimate of drug-likeness (QED) is 0.144. The minimum Gasteiger partial charge on any atom is -0.373 e. The van der Waals surface area contributed by atoms with Gasteiger partial charge < -0.3 is 30.5 Å². The molecule has 1 saturated heterocycles.